The fourth-order valence-electron chi connectivity index (χ4n) is 3.88. The lowest BCUT2D eigenvalue weighted by Crippen LogP contribution is -2.39. The fourth-order valence-corrected chi connectivity index (χ4v) is 6.77. The van der Waals surface area contributed by atoms with Gasteiger partial charge in [0.1, 0.15) is 4.21 Å². The van der Waals surface area contributed by atoms with E-state index in [9.17, 15) is 13.2 Å². The number of hydrogen-bond acceptors (Lipinski definition) is 9. The molecule has 0 spiro atoms. The molecule has 0 radical (unpaired) electrons. The largest absolute Gasteiger partial charge is 0.303 e. The van der Waals surface area contributed by atoms with Crippen molar-refractivity contribution in [1.82, 2.24) is 25.1 Å². The van der Waals surface area contributed by atoms with Crippen molar-refractivity contribution in [1.29, 1.82) is 0 Å². The van der Waals surface area contributed by atoms with Crippen LogP contribution < -0.4 is 10.0 Å². The molecule has 4 aromatic rings. The molecule has 0 bridgehead atoms. The molecule has 13 heteroatoms. The predicted molar refractivity (Wildman–Crippen MR) is 133 cm³/mol. The molecule has 34 heavy (non-hydrogen) atoms. The van der Waals surface area contributed by atoms with Gasteiger partial charge in [-0.2, -0.15) is 10.1 Å². The number of likely N-dealkylation sites (tertiary alicyclic amines) is 1. The van der Waals surface area contributed by atoms with E-state index in [1.165, 1.54) is 23.1 Å². The molecule has 0 unspecified atom stereocenters. The Balaban J connectivity index is 1.17. The number of fused-ring (bicyclic) bond motifs is 1. The molecule has 5 heterocycles. The van der Waals surface area contributed by atoms with Crippen molar-refractivity contribution < 1.29 is 13.2 Å². The molecule has 1 amide bonds. The second-order valence-electron chi connectivity index (χ2n) is 8.06. The van der Waals surface area contributed by atoms with E-state index in [0.29, 0.717) is 21.2 Å². The normalized spacial score (nSPS) is 15.5. The molecule has 3 N–H and O–H groups in total. The van der Waals surface area contributed by atoms with Crippen molar-refractivity contribution >= 4 is 59.8 Å². The number of aromatic nitrogens is 4. The van der Waals surface area contributed by atoms with E-state index < -0.39 is 10.0 Å². The average Bonchev–Trinajstić information content (AvgIpc) is 3.59. The Morgan fingerprint density at radius 3 is 2.85 bits per heavy atom. The number of nitrogens with one attached hydrogen (secondary N) is 3. The smallest absolute Gasteiger partial charge is 0.271 e. The number of nitrogens with zero attached hydrogens (tertiary/aromatic N) is 4. The number of aromatic amines is 1. The summed E-state index contributed by atoms with van der Waals surface area (Å²) < 4.78 is 28.3. The maximum Gasteiger partial charge on any atom is 0.271 e. The fraction of sp³-hybridized carbons (Fsp3) is 0.333. The van der Waals surface area contributed by atoms with Crippen LogP contribution >= 0.6 is 22.7 Å². The molecule has 1 fully saturated rings. The Labute approximate surface area is 204 Å². The van der Waals surface area contributed by atoms with Crippen molar-refractivity contribution in [2.24, 2.45) is 5.92 Å². The number of carbonyl (C=O) groups is 1. The van der Waals surface area contributed by atoms with Gasteiger partial charge >= 0.3 is 0 Å². The zero-order valence-corrected chi connectivity index (χ0v) is 20.5. The molecule has 5 rings (SSSR count). The van der Waals surface area contributed by atoms with Crippen LogP contribution in [0.3, 0.4) is 0 Å². The quantitative estimate of drug-likeness (QED) is 0.327. The lowest BCUT2D eigenvalue weighted by Gasteiger charge is -2.30. The van der Waals surface area contributed by atoms with Gasteiger partial charge in [-0.25, -0.2) is 13.4 Å². The standard InChI is InChI=1S/C21H23N7O3S3/c29-20(15-4-7-28(8-5-15)6-3-14-11-23-24-12-14)26-21-25-19-17(33-21)10-16(13-22-19)27-34(30,31)18-2-1-9-32-18/h1-2,9-13,15,27H,3-8H2,(H,23,24)(H,22,25,26,29). The van der Waals surface area contributed by atoms with Gasteiger partial charge in [0.25, 0.3) is 10.0 Å². The number of anilines is 2. The molecular weight excluding hydrogens is 494 g/mol. The molecular formula is C21H23N7O3S3. The number of amides is 1. The Bertz CT molecular complexity index is 1360. The van der Waals surface area contributed by atoms with Crippen molar-refractivity contribution in [3.63, 3.8) is 0 Å². The summed E-state index contributed by atoms with van der Waals surface area (Å²) in [7, 11) is -3.65. The van der Waals surface area contributed by atoms with Crippen LogP contribution in [-0.4, -0.2) is 59.0 Å². The second-order valence-corrected chi connectivity index (χ2v) is 12.0. The zero-order valence-electron chi connectivity index (χ0n) is 18.1. The molecule has 0 saturated carbocycles. The number of sulfonamides is 1. The first-order valence-electron chi connectivity index (χ1n) is 10.8. The van der Waals surface area contributed by atoms with Crippen LogP contribution in [0.5, 0.6) is 0 Å². The van der Waals surface area contributed by atoms with Crippen molar-refractivity contribution in [3.8, 4) is 0 Å². The van der Waals surface area contributed by atoms with Crippen LogP contribution in [0.2, 0.25) is 0 Å². The number of rotatable bonds is 8. The summed E-state index contributed by atoms with van der Waals surface area (Å²) in [6.45, 7) is 2.71. The van der Waals surface area contributed by atoms with Crippen molar-refractivity contribution in [2.45, 2.75) is 23.5 Å². The molecule has 178 valence electrons. The topological polar surface area (TPSA) is 133 Å². The minimum atomic E-state index is -3.65. The Kier molecular flexibility index (Phi) is 6.59. The van der Waals surface area contributed by atoms with E-state index in [1.54, 1.807) is 23.6 Å². The van der Waals surface area contributed by atoms with Crippen LogP contribution in [-0.2, 0) is 21.2 Å². The maximum absolute atomic E-state index is 12.8. The minimum absolute atomic E-state index is 0.0350. The molecule has 0 atom stereocenters. The van der Waals surface area contributed by atoms with Gasteiger partial charge in [0.05, 0.1) is 22.8 Å². The van der Waals surface area contributed by atoms with Gasteiger partial charge in [-0.15, -0.1) is 11.3 Å². The SMILES string of the molecule is O=C(Nc1nc2ncc(NS(=O)(=O)c3cccs3)cc2s1)C1CCN(CCc2cn[nH]c2)CC1. The molecule has 1 aliphatic rings. The van der Waals surface area contributed by atoms with Crippen LogP contribution in [0, 0.1) is 5.92 Å². The number of thiazole rings is 1. The molecule has 10 nitrogen and oxygen atoms in total. The summed E-state index contributed by atoms with van der Waals surface area (Å²) in [5.41, 5.74) is 2.01. The summed E-state index contributed by atoms with van der Waals surface area (Å²) in [4.78, 5) is 23.8. The summed E-state index contributed by atoms with van der Waals surface area (Å²) in [6.07, 6.45) is 7.73. The van der Waals surface area contributed by atoms with Crippen LogP contribution in [0.1, 0.15) is 18.4 Å². The molecule has 0 aliphatic carbocycles. The third kappa shape index (κ3) is 5.27. The Hall–Kier alpha value is -2.87. The Morgan fingerprint density at radius 2 is 2.12 bits per heavy atom. The summed E-state index contributed by atoms with van der Waals surface area (Å²) in [6, 6.07) is 4.91. The number of hydrogen-bond donors (Lipinski definition) is 3. The van der Waals surface area contributed by atoms with Crippen LogP contribution in [0.4, 0.5) is 10.8 Å². The highest BCUT2D eigenvalue weighted by Crippen LogP contribution is 2.29. The minimum Gasteiger partial charge on any atom is -0.303 e. The molecule has 1 aliphatic heterocycles. The van der Waals surface area contributed by atoms with E-state index in [0.717, 1.165) is 50.2 Å². The molecule has 4 aromatic heterocycles. The second kappa shape index (κ2) is 9.78. The van der Waals surface area contributed by atoms with Gasteiger partial charge in [0.2, 0.25) is 5.91 Å². The van der Waals surface area contributed by atoms with Crippen molar-refractivity contribution in [2.75, 3.05) is 29.7 Å². The first-order valence-corrected chi connectivity index (χ1v) is 14.0. The lowest BCUT2D eigenvalue weighted by atomic mass is 9.96. The predicted octanol–water partition coefficient (Wildman–Crippen LogP) is 3.17. The van der Waals surface area contributed by atoms with Gasteiger partial charge in [0, 0.05) is 18.7 Å². The van der Waals surface area contributed by atoms with E-state index in [4.69, 9.17) is 0 Å². The highest BCUT2D eigenvalue weighted by Gasteiger charge is 2.26. The highest BCUT2D eigenvalue weighted by atomic mass is 32.2. The number of pyridine rings is 1. The van der Waals surface area contributed by atoms with Gasteiger partial charge < -0.3 is 10.2 Å². The van der Waals surface area contributed by atoms with Gasteiger partial charge in [-0.3, -0.25) is 14.6 Å². The first-order chi connectivity index (χ1) is 16.5. The van der Waals surface area contributed by atoms with E-state index in [-0.39, 0.29) is 16.0 Å². The Morgan fingerprint density at radius 1 is 1.26 bits per heavy atom. The van der Waals surface area contributed by atoms with Crippen molar-refractivity contribution in [3.05, 3.63) is 47.7 Å². The number of piperidine rings is 1. The van der Waals surface area contributed by atoms with E-state index >= 15 is 0 Å². The average molecular weight is 518 g/mol. The van der Waals surface area contributed by atoms with E-state index in [2.05, 4.69) is 35.1 Å². The highest BCUT2D eigenvalue weighted by molar-refractivity contribution is 7.94. The third-order valence-electron chi connectivity index (χ3n) is 5.72. The summed E-state index contributed by atoms with van der Waals surface area (Å²) in [5.74, 6) is -0.0922. The zero-order chi connectivity index (χ0) is 23.5. The third-order valence-corrected chi connectivity index (χ3v) is 9.40. The monoisotopic (exact) mass is 517 g/mol. The van der Waals surface area contributed by atoms with Crippen LogP contribution in [0.15, 0.2) is 46.4 Å². The number of H-pyrrole nitrogens is 1. The molecule has 1 saturated heterocycles. The lowest BCUT2D eigenvalue weighted by molar-refractivity contribution is -0.121. The van der Waals surface area contributed by atoms with Gasteiger partial charge in [-0.05, 0) is 55.4 Å². The molecule has 0 aromatic carbocycles. The summed E-state index contributed by atoms with van der Waals surface area (Å²) >= 11 is 2.42. The van der Waals surface area contributed by atoms with Crippen LogP contribution in [0.25, 0.3) is 10.3 Å². The number of carbonyl (C=O) groups excluding carboxylic acids is 1. The number of thiophene rings is 1. The summed E-state index contributed by atoms with van der Waals surface area (Å²) in [5, 5.41) is 11.9. The maximum atomic E-state index is 12.8. The first kappa shape index (κ1) is 22.9. The van der Waals surface area contributed by atoms with E-state index in [1.807, 2.05) is 12.4 Å². The van der Waals surface area contributed by atoms with Gasteiger partial charge in [-0.1, -0.05) is 17.4 Å². The van der Waals surface area contributed by atoms with Gasteiger partial charge in [0.15, 0.2) is 10.8 Å².